The summed E-state index contributed by atoms with van der Waals surface area (Å²) in [6.45, 7) is 7.96. The van der Waals surface area contributed by atoms with Crippen molar-refractivity contribution in [3.63, 3.8) is 0 Å². The van der Waals surface area contributed by atoms with Crippen LogP contribution in [0.5, 0.6) is 0 Å². The Morgan fingerprint density at radius 2 is 2.30 bits per heavy atom. The first-order valence-electron chi connectivity index (χ1n) is 3.08. The van der Waals surface area contributed by atoms with Crippen molar-refractivity contribution in [2.24, 2.45) is 0 Å². The number of rotatable bonds is 2. The standard InChI is InChI=1S/C8H10S2/c1-4-9-8-6(2)5-10-7(8)3/h4-5H,1H2,2-3H3. The maximum absolute atomic E-state index is 3.69. The van der Waals surface area contributed by atoms with Crippen molar-refractivity contribution in [3.8, 4) is 0 Å². The topological polar surface area (TPSA) is 0 Å². The molecular formula is C8H10S2. The molecule has 0 nitrogen and oxygen atoms in total. The van der Waals surface area contributed by atoms with Crippen LogP contribution in [0.4, 0.5) is 0 Å². The molecule has 0 N–H and O–H groups in total. The van der Waals surface area contributed by atoms with Gasteiger partial charge in [0.2, 0.25) is 0 Å². The lowest BCUT2D eigenvalue weighted by molar-refractivity contribution is 1.32. The number of thioether (sulfide) groups is 1. The lowest BCUT2D eigenvalue weighted by atomic mass is 10.3. The first kappa shape index (κ1) is 7.89. The molecule has 0 spiro atoms. The fraction of sp³-hybridized carbons (Fsp3) is 0.250. The van der Waals surface area contributed by atoms with Gasteiger partial charge in [-0.3, -0.25) is 0 Å². The molecule has 54 valence electrons. The van der Waals surface area contributed by atoms with Gasteiger partial charge in [0.15, 0.2) is 0 Å². The Morgan fingerprint density at radius 1 is 1.60 bits per heavy atom. The Morgan fingerprint density at radius 3 is 2.70 bits per heavy atom. The van der Waals surface area contributed by atoms with Crippen LogP contribution in [0.1, 0.15) is 10.4 Å². The molecule has 0 aliphatic heterocycles. The Balaban J connectivity index is 2.97. The van der Waals surface area contributed by atoms with Gasteiger partial charge in [0.1, 0.15) is 0 Å². The van der Waals surface area contributed by atoms with E-state index in [1.807, 2.05) is 5.41 Å². The zero-order chi connectivity index (χ0) is 7.56. The largest absolute Gasteiger partial charge is 0.148 e. The van der Waals surface area contributed by atoms with E-state index in [1.54, 1.807) is 23.1 Å². The molecule has 1 aromatic heterocycles. The highest BCUT2D eigenvalue weighted by molar-refractivity contribution is 8.02. The molecule has 0 bridgehead atoms. The minimum Gasteiger partial charge on any atom is -0.148 e. The molecule has 1 heterocycles. The first-order chi connectivity index (χ1) is 4.75. The van der Waals surface area contributed by atoms with E-state index in [0.29, 0.717) is 0 Å². The Kier molecular flexibility index (Phi) is 2.57. The normalized spacial score (nSPS) is 9.80. The molecule has 0 radical (unpaired) electrons. The van der Waals surface area contributed by atoms with Gasteiger partial charge in [-0.15, -0.1) is 11.3 Å². The van der Waals surface area contributed by atoms with Crippen molar-refractivity contribution in [3.05, 3.63) is 27.8 Å². The molecule has 0 aromatic carbocycles. The third kappa shape index (κ3) is 1.44. The summed E-state index contributed by atoms with van der Waals surface area (Å²) in [5.41, 5.74) is 1.37. The molecule has 10 heavy (non-hydrogen) atoms. The molecule has 0 aliphatic carbocycles. The summed E-state index contributed by atoms with van der Waals surface area (Å²) in [6, 6.07) is 0. The maximum atomic E-state index is 3.69. The van der Waals surface area contributed by atoms with Crippen LogP contribution < -0.4 is 0 Å². The highest BCUT2D eigenvalue weighted by Crippen LogP contribution is 2.30. The zero-order valence-corrected chi connectivity index (χ0v) is 7.81. The van der Waals surface area contributed by atoms with E-state index >= 15 is 0 Å². The van der Waals surface area contributed by atoms with Crippen LogP contribution in [0.3, 0.4) is 0 Å². The quantitative estimate of drug-likeness (QED) is 0.611. The van der Waals surface area contributed by atoms with Crippen LogP contribution >= 0.6 is 23.1 Å². The summed E-state index contributed by atoms with van der Waals surface area (Å²) in [7, 11) is 0. The fourth-order valence-electron chi connectivity index (χ4n) is 0.821. The second kappa shape index (κ2) is 3.26. The van der Waals surface area contributed by atoms with Crippen LogP contribution in [0.15, 0.2) is 22.3 Å². The predicted molar refractivity (Wildman–Crippen MR) is 49.8 cm³/mol. The van der Waals surface area contributed by atoms with Gasteiger partial charge in [0, 0.05) is 9.77 Å². The Bertz CT molecular complexity index is 216. The zero-order valence-electron chi connectivity index (χ0n) is 6.18. The van der Waals surface area contributed by atoms with Crippen molar-refractivity contribution in [1.82, 2.24) is 0 Å². The summed E-state index contributed by atoms with van der Waals surface area (Å²) >= 11 is 3.51. The van der Waals surface area contributed by atoms with Crippen LogP contribution in [0.2, 0.25) is 0 Å². The molecule has 0 atom stereocenters. The molecule has 0 aliphatic rings. The molecule has 0 unspecified atom stereocenters. The lowest BCUT2D eigenvalue weighted by Crippen LogP contribution is -1.69. The van der Waals surface area contributed by atoms with Crippen LogP contribution in [0.25, 0.3) is 0 Å². The van der Waals surface area contributed by atoms with Crippen LogP contribution in [-0.2, 0) is 0 Å². The summed E-state index contributed by atoms with van der Waals surface area (Å²) in [5, 5.41) is 4.06. The highest BCUT2D eigenvalue weighted by Gasteiger charge is 2.01. The van der Waals surface area contributed by atoms with Crippen LogP contribution in [0, 0.1) is 13.8 Å². The highest BCUT2D eigenvalue weighted by atomic mass is 32.2. The molecule has 0 saturated heterocycles. The first-order valence-corrected chi connectivity index (χ1v) is 4.84. The smallest absolute Gasteiger partial charge is 0.0281 e. The average molecular weight is 170 g/mol. The monoisotopic (exact) mass is 170 g/mol. The van der Waals surface area contributed by atoms with Gasteiger partial charge in [-0.05, 0) is 30.2 Å². The van der Waals surface area contributed by atoms with E-state index < -0.39 is 0 Å². The number of aryl methyl sites for hydroxylation is 2. The molecular weight excluding hydrogens is 160 g/mol. The van der Waals surface area contributed by atoms with Gasteiger partial charge in [-0.2, -0.15) is 0 Å². The number of hydrogen-bond acceptors (Lipinski definition) is 2. The lowest BCUT2D eigenvalue weighted by Gasteiger charge is -1.94. The van der Waals surface area contributed by atoms with Gasteiger partial charge < -0.3 is 0 Å². The molecule has 0 amide bonds. The number of hydrogen-bond donors (Lipinski definition) is 0. The maximum Gasteiger partial charge on any atom is 0.0281 e. The molecule has 1 aromatic rings. The average Bonchev–Trinajstić information content (AvgIpc) is 2.20. The van der Waals surface area contributed by atoms with Crippen molar-refractivity contribution in [2.45, 2.75) is 18.7 Å². The molecule has 1 rings (SSSR count). The molecule has 0 saturated carbocycles. The SMILES string of the molecule is C=CSc1c(C)csc1C. The third-order valence-electron chi connectivity index (χ3n) is 1.29. The fourth-order valence-corrected chi connectivity index (χ4v) is 2.50. The van der Waals surface area contributed by atoms with E-state index in [2.05, 4.69) is 25.8 Å². The van der Waals surface area contributed by atoms with Crippen LogP contribution in [-0.4, -0.2) is 0 Å². The van der Waals surface area contributed by atoms with E-state index in [9.17, 15) is 0 Å². The van der Waals surface area contributed by atoms with E-state index in [1.165, 1.54) is 15.3 Å². The summed E-state index contributed by atoms with van der Waals surface area (Å²) in [4.78, 5) is 2.77. The van der Waals surface area contributed by atoms with Gasteiger partial charge >= 0.3 is 0 Å². The van der Waals surface area contributed by atoms with Crippen molar-refractivity contribution >= 4 is 23.1 Å². The minimum atomic E-state index is 1.37. The molecule has 0 fully saturated rings. The Hall–Kier alpha value is -0.210. The van der Waals surface area contributed by atoms with E-state index in [-0.39, 0.29) is 0 Å². The Labute approximate surface area is 70.0 Å². The van der Waals surface area contributed by atoms with E-state index in [0.717, 1.165) is 0 Å². The summed E-state index contributed by atoms with van der Waals surface area (Å²) < 4.78 is 0. The van der Waals surface area contributed by atoms with Crippen molar-refractivity contribution in [2.75, 3.05) is 0 Å². The van der Waals surface area contributed by atoms with Gasteiger partial charge in [0.05, 0.1) is 0 Å². The second-order valence-corrected chi connectivity index (χ2v) is 4.15. The number of thiophene rings is 1. The summed E-state index contributed by atoms with van der Waals surface area (Å²) in [5.74, 6) is 0. The van der Waals surface area contributed by atoms with Crippen molar-refractivity contribution in [1.29, 1.82) is 0 Å². The van der Waals surface area contributed by atoms with Crippen molar-refractivity contribution < 1.29 is 0 Å². The predicted octanol–water partition coefficient (Wildman–Crippen LogP) is 3.60. The summed E-state index contributed by atoms with van der Waals surface area (Å²) in [6.07, 6.45) is 0. The van der Waals surface area contributed by atoms with Gasteiger partial charge in [0.25, 0.3) is 0 Å². The molecule has 2 heteroatoms. The van der Waals surface area contributed by atoms with E-state index in [4.69, 9.17) is 0 Å². The minimum absolute atomic E-state index is 1.37. The van der Waals surface area contributed by atoms with Gasteiger partial charge in [-0.25, -0.2) is 0 Å². The third-order valence-corrected chi connectivity index (χ3v) is 3.48. The second-order valence-electron chi connectivity index (χ2n) is 2.09. The van der Waals surface area contributed by atoms with Gasteiger partial charge in [-0.1, -0.05) is 18.3 Å².